The number of rotatable bonds is 4. The average Bonchev–Trinajstić information content (AvgIpc) is 2.21. The molecular weight excluding hydrogens is 265 g/mol. The third-order valence-corrected chi connectivity index (χ3v) is 2.99. The Labute approximate surface area is 110 Å². The smallest absolute Gasteiger partial charge is 0.169 e. The zero-order chi connectivity index (χ0) is 13.2. The van der Waals surface area contributed by atoms with Crippen LogP contribution in [0.15, 0.2) is 12.1 Å². The highest BCUT2D eigenvalue weighted by atomic mass is 35.5. The lowest BCUT2D eigenvalue weighted by Gasteiger charge is -2.28. The SMILES string of the molecule is CC(C)(NCc1cc(Cl)cc(Cl)c1O)C(O)O. The summed E-state index contributed by atoms with van der Waals surface area (Å²) in [6.45, 7) is 3.47. The van der Waals surface area contributed by atoms with Gasteiger partial charge in [0.05, 0.1) is 10.6 Å². The van der Waals surface area contributed by atoms with Gasteiger partial charge in [0.1, 0.15) is 5.75 Å². The molecule has 0 aliphatic heterocycles. The van der Waals surface area contributed by atoms with Gasteiger partial charge in [0.25, 0.3) is 0 Å². The topological polar surface area (TPSA) is 72.7 Å². The second-order valence-electron chi connectivity index (χ2n) is 4.34. The molecule has 0 amide bonds. The maximum atomic E-state index is 9.70. The van der Waals surface area contributed by atoms with Crippen molar-refractivity contribution in [3.63, 3.8) is 0 Å². The van der Waals surface area contributed by atoms with Crippen molar-refractivity contribution in [2.24, 2.45) is 0 Å². The Morgan fingerprint density at radius 3 is 2.41 bits per heavy atom. The van der Waals surface area contributed by atoms with E-state index in [0.717, 1.165) is 0 Å². The number of aromatic hydroxyl groups is 1. The predicted molar refractivity (Wildman–Crippen MR) is 67.3 cm³/mol. The van der Waals surface area contributed by atoms with E-state index in [0.29, 0.717) is 10.6 Å². The lowest BCUT2D eigenvalue weighted by Crippen LogP contribution is -2.49. The van der Waals surface area contributed by atoms with E-state index in [1.807, 2.05) is 0 Å². The summed E-state index contributed by atoms with van der Waals surface area (Å²) < 4.78 is 0. The van der Waals surface area contributed by atoms with Crippen LogP contribution in [0.3, 0.4) is 0 Å². The van der Waals surface area contributed by atoms with Crippen LogP contribution in [0.4, 0.5) is 0 Å². The van der Waals surface area contributed by atoms with Crippen LogP contribution >= 0.6 is 23.2 Å². The van der Waals surface area contributed by atoms with E-state index < -0.39 is 11.8 Å². The fraction of sp³-hybridized carbons (Fsp3) is 0.455. The first-order valence-corrected chi connectivity index (χ1v) is 5.77. The molecule has 0 saturated heterocycles. The second kappa shape index (κ2) is 5.42. The molecule has 1 aromatic rings. The number of halogens is 2. The molecule has 0 heterocycles. The Kier molecular flexibility index (Phi) is 4.63. The molecule has 0 aromatic heterocycles. The van der Waals surface area contributed by atoms with Crippen molar-refractivity contribution in [2.45, 2.75) is 32.2 Å². The van der Waals surface area contributed by atoms with Crippen LogP contribution in [0.1, 0.15) is 19.4 Å². The maximum absolute atomic E-state index is 9.70. The van der Waals surface area contributed by atoms with E-state index in [1.54, 1.807) is 19.9 Å². The first-order chi connectivity index (χ1) is 7.74. The number of hydrogen-bond acceptors (Lipinski definition) is 4. The maximum Gasteiger partial charge on any atom is 0.169 e. The van der Waals surface area contributed by atoms with Gasteiger partial charge in [-0.3, -0.25) is 0 Å². The summed E-state index contributed by atoms with van der Waals surface area (Å²) in [5.74, 6) is -0.0632. The van der Waals surface area contributed by atoms with Crippen LogP contribution in [-0.4, -0.2) is 27.1 Å². The third-order valence-electron chi connectivity index (χ3n) is 2.49. The molecule has 0 unspecified atom stereocenters. The van der Waals surface area contributed by atoms with E-state index in [9.17, 15) is 5.11 Å². The highest BCUT2D eigenvalue weighted by molar-refractivity contribution is 6.35. The summed E-state index contributed by atoms with van der Waals surface area (Å²) in [7, 11) is 0. The van der Waals surface area contributed by atoms with Gasteiger partial charge in [-0.2, -0.15) is 0 Å². The zero-order valence-corrected chi connectivity index (χ0v) is 11.0. The largest absolute Gasteiger partial charge is 0.506 e. The summed E-state index contributed by atoms with van der Waals surface area (Å²) >= 11 is 11.6. The van der Waals surface area contributed by atoms with Crippen molar-refractivity contribution in [3.05, 3.63) is 27.7 Å². The number of phenolic OH excluding ortho intramolecular Hbond substituents is 1. The van der Waals surface area contributed by atoms with Crippen molar-refractivity contribution < 1.29 is 15.3 Å². The molecule has 0 radical (unpaired) electrons. The molecule has 17 heavy (non-hydrogen) atoms. The molecule has 0 atom stereocenters. The predicted octanol–water partition coefficient (Wildman–Crippen LogP) is 1.88. The van der Waals surface area contributed by atoms with Gasteiger partial charge in [-0.1, -0.05) is 23.2 Å². The minimum absolute atomic E-state index is 0.0632. The van der Waals surface area contributed by atoms with Crippen molar-refractivity contribution in [1.82, 2.24) is 5.32 Å². The molecule has 0 saturated carbocycles. The molecule has 1 aromatic carbocycles. The first-order valence-electron chi connectivity index (χ1n) is 5.02. The van der Waals surface area contributed by atoms with E-state index in [-0.39, 0.29) is 17.3 Å². The Bertz CT molecular complexity index is 408. The molecule has 4 nitrogen and oxygen atoms in total. The normalized spacial score (nSPS) is 12.2. The number of phenols is 1. The van der Waals surface area contributed by atoms with Gasteiger partial charge < -0.3 is 20.6 Å². The number of nitrogens with one attached hydrogen (secondary N) is 1. The Hall–Kier alpha value is -0.520. The van der Waals surface area contributed by atoms with Gasteiger partial charge in [0.2, 0.25) is 0 Å². The van der Waals surface area contributed by atoms with Crippen LogP contribution in [0, 0.1) is 0 Å². The van der Waals surface area contributed by atoms with Crippen molar-refractivity contribution in [3.8, 4) is 5.75 Å². The van der Waals surface area contributed by atoms with Gasteiger partial charge in [0, 0.05) is 17.1 Å². The van der Waals surface area contributed by atoms with Crippen LogP contribution in [-0.2, 0) is 6.54 Å². The van der Waals surface area contributed by atoms with Crippen LogP contribution in [0.5, 0.6) is 5.75 Å². The molecule has 96 valence electrons. The minimum Gasteiger partial charge on any atom is -0.506 e. The molecule has 1 rings (SSSR count). The fourth-order valence-corrected chi connectivity index (χ4v) is 1.70. The fourth-order valence-electron chi connectivity index (χ4n) is 1.17. The van der Waals surface area contributed by atoms with E-state index >= 15 is 0 Å². The van der Waals surface area contributed by atoms with Gasteiger partial charge >= 0.3 is 0 Å². The summed E-state index contributed by atoms with van der Waals surface area (Å²) in [4.78, 5) is 0. The highest BCUT2D eigenvalue weighted by Gasteiger charge is 2.25. The third kappa shape index (κ3) is 3.72. The summed E-state index contributed by atoms with van der Waals surface area (Å²) in [6, 6.07) is 3.00. The Balaban J connectivity index is 2.83. The molecule has 0 aliphatic carbocycles. The van der Waals surface area contributed by atoms with Crippen molar-refractivity contribution >= 4 is 23.2 Å². The summed E-state index contributed by atoms with van der Waals surface area (Å²) in [5, 5.41) is 31.4. The molecule has 0 spiro atoms. The highest BCUT2D eigenvalue weighted by Crippen LogP contribution is 2.31. The van der Waals surface area contributed by atoms with Gasteiger partial charge in [-0.25, -0.2) is 0 Å². The summed E-state index contributed by atoms with van der Waals surface area (Å²) in [5.41, 5.74) is -0.405. The van der Waals surface area contributed by atoms with Crippen molar-refractivity contribution in [1.29, 1.82) is 0 Å². The quantitative estimate of drug-likeness (QED) is 0.635. The molecule has 4 N–H and O–H groups in total. The standard InChI is InChI=1S/C11H15Cl2NO3/c1-11(2,10(16)17)14-5-6-3-7(12)4-8(13)9(6)15/h3-4,10,14-17H,5H2,1-2H3. The molecule has 0 bridgehead atoms. The van der Waals surface area contributed by atoms with E-state index in [4.69, 9.17) is 33.4 Å². The molecule has 0 fully saturated rings. The minimum atomic E-state index is -1.51. The van der Waals surface area contributed by atoms with Crippen LogP contribution in [0.25, 0.3) is 0 Å². The van der Waals surface area contributed by atoms with Gasteiger partial charge in [-0.15, -0.1) is 0 Å². The van der Waals surface area contributed by atoms with Gasteiger partial charge in [0.15, 0.2) is 6.29 Å². The number of aliphatic hydroxyl groups is 2. The van der Waals surface area contributed by atoms with Crippen LogP contribution < -0.4 is 5.32 Å². The number of benzene rings is 1. The van der Waals surface area contributed by atoms with E-state index in [1.165, 1.54) is 6.07 Å². The first kappa shape index (κ1) is 14.5. The second-order valence-corrected chi connectivity index (χ2v) is 5.19. The lowest BCUT2D eigenvalue weighted by atomic mass is 10.0. The Morgan fingerprint density at radius 2 is 1.88 bits per heavy atom. The monoisotopic (exact) mass is 279 g/mol. The molecular formula is C11H15Cl2NO3. The van der Waals surface area contributed by atoms with Crippen molar-refractivity contribution in [2.75, 3.05) is 0 Å². The number of aliphatic hydroxyl groups excluding tert-OH is 1. The molecule has 6 heteroatoms. The van der Waals surface area contributed by atoms with Crippen LogP contribution in [0.2, 0.25) is 10.0 Å². The average molecular weight is 280 g/mol. The summed E-state index contributed by atoms with van der Waals surface area (Å²) in [6.07, 6.45) is -1.51. The number of hydrogen-bond donors (Lipinski definition) is 4. The van der Waals surface area contributed by atoms with E-state index in [2.05, 4.69) is 5.32 Å². The zero-order valence-electron chi connectivity index (χ0n) is 9.54. The lowest BCUT2D eigenvalue weighted by molar-refractivity contribution is -0.0973. The van der Waals surface area contributed by atoms with Gasteiger partial charge in [-0.05, 0) is 26.0 Å². The Morgan fingerprint density at radius 1 is 1.29 bits per heavy atom. The molecule has 0 aliphatic rings.